The highest BCUT2D eigenvalue weighted by molar-refractivity contribution is 8.13. The third-order valence-corrected chi connectivity index (χ3v) is 5.06. The van der Waals surface area contributed by atoms with Gasteiger partial charge in [-0.25, -0.2) is 4.39 Å². The highest BCUT2D eigenvalue weighted by Crippen LogP contribution is 2.33. The number of rotatable bonds is 3. The summed E-state index contributed by atoms with van der Waals surface area (Å²) in [6.07, 6.45) is 1.72. The Balaban J connectivity index is 1.73. The van der Waals surface area contributed by atoms with Crippen molar-refractivity contribution in [2.75, 3.05) is 30.3 Å². The average Bonchev–Trinajstić information content (AvgIpc) is 2.89. The molecule has 7 heteroatoms. The van der Waals surface area contributed by atoms with Crippen molar-refractivity contribution in [3.8, 4) is 0 Å². The summed E-state index contributed by atoms with van der Waals surface area (Å²) in [5.41, 5.74) is 1.13. The van der Waals surface area contributed by atoms with Crippen molar-refractivity contribution in [2.24, 2.45) is 0 Å². The first-order chi connectivity index (χ1) is 10.6. The predicted octanol–water partition coefficient (Wildman–Crippen LogP) is 3.32. The predicted molar refractivity (Wildman–Crippen MR) is 86.1 cm³/mol. The third-order valence-electron chi connectivity index (χ3n) is 3.95. The summed E-state index contributed by atoms with van der Waals surface area (Å²) in [6, 6.07) is 2.96. The van der Waals surface area contributed by atoms with E-state index in [4.69, 9.17) is 11.6 Å². The van der Waals surface area contributed by atoms with Gasteiger partial charge in [-0.3, -0.25) is 9.59 Å². The summed E-state index contributed by atoms with van der Waals surface area (Å²) in [7, 11) is 0. The number of hydrogen-bond acceptors (Lipinski definition) is 3. The highest BCUT2D eigenvalue weighted by Gasteiger charge is 2.28. The molecule has 118 valence electrons. The second kappa shape index (κ2) is 6.46. The molecule has 0 aliphatic carbocycles. The van der Waals surface area contributed by atoms with Gasteiger partial charge in [-0.05, 0) is 30.5 Å². The maximum absolute atomic E-state index is 14.2. The zero-order valence-corrected chi connectivity index (χ0v) is 13.6. The van der Waals surface area contributed by atoms with Crippen LogP contribution in [0, 0.1) is 5.82 Å². The lowest BCUT2D eigenvalue weighted by molar-refractivity contribution is -0.118. The van der Waals surface area contributed by atoms with Gasteiger partial charge in [0.25, 0.3) is 5.24 Å². The van der Waals surface area contributed by atoms with Crippen molar-refractivity contribution in [1.29, 1.82) is 0 Å². The first-order valence-corrected chi connectivity index (χ1v) is 8.62. The fourth-order valence-corrected chi connectivity index (χ4v) is 3.97. The number of carbonyl (C=O) groups excluding carboxylic acids is 2. The molecular formula is C15H16ClFN2O2S. The summed E-state index contributed by atoms with van der Waals surface area (Å²) in [5.74, 6) is 0.169. The molecule has 0 N–H and O–H groups in total. The van der Waals surface area contributed by atoms with E-state index in [0.29, 0.717) is 30.3 Å². The Bertz CT molecular complexity index is 626. The van der Waals surface area contributed by atoms with Crippen LogP contribution < -0.4 is 4.90 Å². The van der Waals surface area contributed by atoms with E-state index < -0.39 is 5.82 Å². The fourth-order valence-electron chi connectivity index (χ4n) is 2.90. The summed E-state index contributed by atoms with van der Waals surface area (Å²) >= 11 is 7.16. The van der Waals surface area contributed by atoms with E-state index in [1.807, 2.05) is 0 Å². The molecule has 2 amide bonds. The molecular weight excluding hydrogens is 327 g/mol. The van der Waals surface area contributed by atoms with Gasteiger partial charge in [0.2, 0.25) is 5.91 Å². The molecule has 0 aromatic heterocycles. The lowest BCUT2D eigenvalue weighted by Gasteiger charge is -2.30. The van der Waals surface area contributed by atoms with Crippen molar-refractivity contribution in [1.82, 2.24) is 4.90 Å². The molecule has 0 radical (unpaired) electrons. The van der Waals surface area contributed by atoms with Crippen molar-refractivity contribution < 1.29 is 14.0 Å². The molecule has 2 aliphatic rings. The van der Waals surface area contributed by atoms with Gasteiger partial charge in [-0.15, -0.1) is 0 Å². The van der Waals surface area contributed by atoms with E-state index in [0.717, 1.165) is 24.2 Å². The van der Waals surface area contributed by atoms with E-state index in [1.54, 1.807) is 11.0 Å². The van der Waals surface area contributed by atoms with Crippen LogP contribution in [0.5, 0.6) is 0 Å². The van der Waals surface area contributed by atoms with Crippen LogP contribution in [0.25, 0.3) is 0 Å². The van der Waals surface area contributed by atoms with E-state index in [-0.39, 0.29) is 17.6 Å². The van der Waals surface area contributed by atoms with Gasteiger partial charge < -0.3 is 9.80 Å². The molecule has 1 aromatic rings. The largest absolute Gasteiger partial charge is 0.332 e. The zero-order chi connectivity index (χ0) is 15.7. The van der Waals surface area contributed by atoms with Gasteiger partial charge in [0.1, 0.15) is 5.82 Å². The minimum Gasteiger partial charge on any atom is -0.332 e. The van der Waals surface area contributed by atoms with E-state index in [2.05, 4.69) is 0 Å². The number of anilines is 1. The van der Waals surface area contributed by atoms with Crippen molar-refractivity contribution in [3.05, 3.63) is 28.5 Å². The lowest BCUT2D eigenvalue weighted by Crippen LogP contribution is -2.38. The number of nitrogens with zero attached hydrogens (tertiary/aromatic N) is 2. The monoisotopic (exact) mass is 342 g/mol. The standard InChI is InChI=1S/C15H16ClFN2O2S/c16-11-8-10-2-1-4-19(14(10)12(17)9-11)13(20)3-5-18-6-7-22-15(18)21/h8-9H,1-7H2. The summed E-state index contributed by atoms with van der Waals surface area (Å²) in [6.45, 7) is 1.58. The van der Waals surface area contributed by atoms with Crippen LogP contribution in [0.4, 0.5) is 14.9 Å². The number of benzene rings is 1. The SMILES string of the molecule is O=C1SCCN1CCC(=O)N1CCCc2cc(Cl)cc(F)c21. The minimum atomic E-state index is -0.455. The Kier molecular flexibility index (Phi) is 4.59. The van der Waals surface area contributed by atoms with Gasteiger partial charge in [-0.1, -0.05) is 23.4 Å². The first kappa shape index (κ1) is 15.6. The second-order valence-electron chi connectivity index (χ2n) is 5.40. The molecule has 1 saturated heterocycles. The highest BCUT2D eigenvalue weighted by atomic mass is 35.5. The molecule has 1 aromatic carbocycles. The normalized spacial score (nSPS) is 17.8. The molecule has 22 heavy (non-hydrogen) atoms. The number of aryl methyl sites for hydroxylation is 1. The van der Waals surface area contributed by atoms with E-state index in [9.17, 15) is 14.0 Å². The molecule has 0 spiro atoms. The average molecular weight is 343 g/mol. The first-order valence-electron chi connectivity index (χ1n) is 7.26. The molecule has 3 rings (SSSR count). The molecule has 0 unspecified atom stereocenters. The maximum Gasteiger partial charge on any atom is 0.281 e. The van der Waals surface area contributed by atoms with Crippen LogP contribution in [-0.4, -0.2) is 41.4 Å². The van der Waals surface area contributed by atoms with Crippen LogP contribution in [0.15, 0.2) is 12.1 Å². The van der Waals surface area contributed by atoms with Gasteiger partial charge >= 0.3 is 0 Å². The van der Waals surface area contributed by atoms with Gasteiger partial charge in [0.15, 0.2) is 0 Å². The van der Waals surface area contributed by atoms with Crippen LogP contribution in [0.2, 0.25) is 5.02 Å². The Morgan fingerprint density at radius 3 is 2.91 bits per heavy atom. The molecule has 1 fully saturated rings. The van der Waals surface area contributed by atoms with Gasteiger partial charge in [-0.2, -0.15) is 0 Å². The molecule has 0 bridgehead atoms. The maximum atomic E-state index is 14.2. The number of thioether (sulfide) groups is 1. The third kappa shape index (κ3) is 3.08. The zero-order valence-electron chi connectivity index (χ0n) is 12.0. The van der Waals surface area contributed by atoms with Crippen LogP contribution in [0.1, 0.15) is 18.4 Å². The summed E-state index contributed by atoms with van der Waals surface area (Å²) < 4.78 is 14.2. The Morgan fingerprint density at radius 1 is 1.36 bits per heavy atom. The Labute approximate surface area is 137 Å². The summed E-state index contributed by atoms with van der Waals surface area (Å²) in [4.78, 5) is 27.2. The molecule has 4 nitrogen and oxygen atoms in total. The summed E-state index contributed by atoms with van der Waals surface area (Å²) in [5, 5.41) is 0.370. The van der Waals surface area contributed by atoms with E-state index in [1.165, 1.54) is 22.7 Å². The fraction of sp³-hybridized carbons (Fsp3) is 0.467. The van der Waals surface area contributed by atoms with Crippen molar-refractivity contribution in [2.45, 2.75) is 19.3 Å². The number of carbonyl (C=O) groups is 2. The van der Waals surface area contributed by atoms with Gasteiger partial charge in [0.05, 0.1) is 5.69 Å². The van der Waals surface area contributed by atoms with Crippen LogP contribution in [0.3, 0.4) is 0 Å². The van der Waals surface area contributed by atoms with Crippen LogP contribution in [-0.2, 0) is 11.2 Å². The molecule has 0 saturated carbocycles. The second-order valence-corrected chi connectivity index (χ2v) is 6.88. The quantitative estimate of drug-likeness (QED) is 0.846. The molecule has 2 heterocycles. The Morgan fingerprint density at radius 2 is 2.18 bits per heavy atom. The number of hydrogen-bond donors (Lipinski definition) is 0. The number of fused-ring (bicyclic) bond motifs is 1. The van der Waals surface area contributed by atoms with E-state index >= 15 is 0 Å². The molecule has 2 aliphatic heterocycles. The smallest absolute Gasteiger partial charge is 0.281 e. The van der Waals surface area contributed by atoms with Crippen molar-refractivity contribution in [3.63, 3.8) is 0 Å². The lowest BCUT2D eigenvalue weighted by atomic mass is 10.0. The van der Waals surface area contributed by atoms with Gasteiger partial charge in [0, 0.05) is 36.8 Å². The Hall–Kier alpha value is -1.27. The topological polar surface area (TPSA) is 40.6 Å². The number of halogens is 2. The number of amides is 2. The molecule has 0 atom stereocenters. The minimum absolute atomic E-state index is 0.0183. The van der Waals surface area contributed by atoms with Crippen molar-refractivity contribution >= 4 is 40.2 Å². The van der Waals surface area contributed by atoms with Crippen LogP contribution >= 0.6 is 23.4 Å².